The van der Waals surface area contributed by atoms with Crippen LogP contribution in [0.15, 0.2) is 54.9 Å². The molecule has 1 atom stereocenters. The van der Waals surface area contributed by atoms with Crippen LogP contribution in [-0.4, -0.2) is 39.5 Å². The SMILES string of the molecule is C[C@H]1CN(C(=O)O)c2cc(-c3cnn(CCC#N)c3)ccc2N1C(=O)Cc1ccc(F)cc1. The smallest absolute Gasteiger partial charge is 0.411 e. The third-order valence-corrected chi connectivity index (χ3v) is 5.60. The van der Waals surface area contributed by atoms with Gasteiger partial charge in [0.2, 0.25) is 5.91 Å². The third kappa shape index (κ3) is 4.55. The maximum atomic E-state index is 13.2. The van der Waals surface area contributed by atoms with E-state index in [4.69, 9.17) is 5.26 Å². The van der Waals surface area contributed by atoms with E-state index < -0.39 is 6.09 Å². The average Bonchev–Trinajstić information content (AvgIpc) is 3.27. The van der Waals surface area contributed by atoms with Gasteiger partial charge < -0.3 is 10.0 Å². The zero-order valence-corrected chi connectivity index (χ0v) is 18.0. The zero-order valence-electron chi connectivity index (χ0n) is 18.0. The predicted octanol–water partition coefficient (Wildman–Crippen LogP) is 4.07. The molecule has 1 aliphatic rings. The lowest BCUT2D eigenvalue weighted by molar-refractivity contribution is -0.118. The van der Waals surface area contributed by atoms with Gasteiger partial charge in [-0.1, -0.05) is 18.2 Å². The summed E-state index contributed by atoms with van der Waals surface area (Å²) in [5.41, 5.74) is 3.13. The number of rotatable bonds is 5. The van der Waals surface area contributed by atoms with Crippen LogP contribution in [0.4, 0.5) is 20.6 Å². The highest BCUT2D eigenvalue weighted by molar-refractivity contribution is 6.04. The molecule has 2 amide bonds. The van der Waals surface area contributed by atoms with Crippen LogP contribution in [0.3, 0.4) is 0 Å². The largest absolute Gasteiger partial charge is 0.465 e. The van der Waals surface area contributed by atoms with E-state index in [1.54, 1.807) is 53.2 Å². The van der Waals surface area contributed by atoms with Gasteiger partial charge in [-0.3, -0.25) is 14.4 Å². The Labute approximate surface area is 190 Å². The highest BCUT2D eigenvalue weighted by Crippen LogP contribution is 2.39. The van der Waals surface area contributed by atoms with E-state index >= 15 is 0 Å². The molecule has 0 saturated heterocycles. The second-order valence-corrected chi connectivity index (χ2v) is 7.91. The zero-order chi connectivity index (χ0) is 23.5. The molecule has 2 heterocycles. The maximum absolute atomic E-state index is 13.2. The van der Waals surface area contributed by atoms with E-state index in [9.17, 15) is 19.1 Å². The number of anilines is 2. The normalized spacial score (nSPS) is 15.1. The Hall–Kier alpha value is -4.19. The summed E-state index contributed by atoms with van der Waals surface area (Å²) in [4.78, 5) is 28.0. The summed E-state index contributed by atoms with van der Waals surface area (Å²) in [6.45, 7) is 2.39. The Morgan fingerprint density at radius 3 is 2.64 bits per heavy atom. The lowest BCUT2D eigenvalue weighted by Crippen LogP contribution is -2.52. The molecule has 9 heteroatoms. The maximum Gasteiger partial charge on any atom is 0.411 e. The van der Waals surface area contributed by atoms with Crippen LogP contribution in [0.1, 0.15) is 18.9 Å². The van der Waals surface area contributed by atoms with Gasteiger partial charge in [0.15, 0.2) is 0 Å². The van der Waals surface area contributed by atoms with Crippen molar-refractivity contribution in [2.24, 2.45) is 0 Å². The van der Waals surface area contributed by atoms with E-state index in [-0.39, 0.29) is 30.7 Å². The molecule has 0 aliphatic carbocycles. The van der Waals surface area contributed by atoms with E-state index in [2.05, 4.69) is 11.2 Å². The van der Waals surface area contributed by atoms with Crippen LogP contribution >= 0.6 is 0 Å². The molecule has 4 rings (SSSR count). The number of aryl methyl sites for hydroxylation is 1. The summed E-state index contributed by atoms with van der Waals surface area (Å²) >= 11 is 0. The minimum atomic E-state index is -1.10. The summed E-state index contributed by atoms with van der Waals surface area (Å²) < 4.78 is 14.9. The number of hydrogen-bond donors (Lipinski definition) is 1. The van der Waals surface area contributed by atoms with E-state index in [0.29, 0.717) is 29.9 Å². The lowest BCUT2D eigenvalue weighted by Gasteiger charge is -2.40. The molecule has 0 bridgehead atoms. The summed E-state index contributed by atoms with van der Waals surface area (Å²) in [7, 11) is 0. The molecule has 0 radical (unpaired) electrons. The average molecular weight is 447 g/mol. The molecule has 168 valence electrons. The number of aromatic nitrogens is 2. The van der Waals surface area contributed by atoms with Crippen molar-refractivity contribution in [3.05, 3.63) is 66.2 Å². The number of benzene rings is 2. The molecule has 8 nitrogen and oxygen atoms in total. The second kappa shape index (κ2) is 9.12. The first-order chi connectivity index (χ1) is 15.9. The molecule has 0 saturated carbocycles. The molecule has 1 aromatic heterocycles. The van der Waals surface area contributed by atoms with Crippen molar-refractivity contribution < 1.29 is 19.1 Å². The minimum Gasteiger partial charge on any atom is -0.465 e. The van der Waals surface area contributed by atoms with Gasteiger partial charge >= 0.3 is 6.09 Å². The number of carbonyl (C=O) groups is 2. The van der Waals surface area contributed by atoms with Gasteiger partial charge in [0.25, 0.3) is 0 Å². The van der Waals surface area contributed by atoms with Crippen LogP contribution in [0, 0.1) is 17.1 Å². The Kier molecular flexibility index (Phi) is 6.09. The summed E-state index contributed by atoms with van der Waals surface area (Å²) in [6, 6.07) is 12.8. The number of nitrogens with zero attached hydrogens (tertiary/aromatic N) is 5. The van der Waals surface area contributed by atoms with Gasteiger partial charge in [-0.25, -0.2) is 9.18 Å². The number of nitriles is 1. The topological polar surface area (TPSA) is 102 Å². The Bertz CT molecular complexity index is 1230. The van der Waals surface area contributed by atoms with Crippen molar-refractivity contribution in [3.63, 3.8) is 0 Å². The summed E-state index contributed by atoms with van der Waals surface area (Å²) in [5.74, 6) is -0.569. The first-order valence-electron chi connectivity index (χ1n) is 10.5. The molecule has 33 heavy (non-hydrogen) atoms. The number of carbonyl (C=O) groups excluding carboxylic acids is 1. The summed E-state index contributed by atoms with van der Waals surface area (Å²) in [6.07, 6.45) is 2.77. The molecular formula is C24H22FN5O3. The highest BCUT2D eigenvalue weighted by Gasteiger charge is 2.35. The first-order valence-corrected chi connectivity index (χ1v) is 10.5. The lowest BCUT2D eigenvalue weighted by atomic mass is 10.0. The van der Waals surface area contributed by atoms with Gasteiger partial charge in [0.05, 0.1) is 49.1 Å². The number of carboxylic acid groups (broad SMARTS) is 1. The van der Waals surface area contributed by atoms with E-state index in [1.807, 2.05) is 6.07 Å². The Morgan fingerprint density at radius 1 is 1.18 bits per heavy atom. The van der Waals surface area contributed by atoms with Crippen molar-refractivity contribution in [1.29, 1.82) is 5.26 Å². The van der Waals surface area contributed by atoms with Gasteiger partial charge in [-0.2, -0.15) is 10.4 Å². The fourth-order valence-corrected chi connectivity index (χ4v) is 4.03. The number of amides is 2. The standard InChI is InChI=1S/C24H22FN5O3/c1-16-14-29(24(32)33)22-12-18(19-13-27-28(15-19)10-2-9-26)5-8-21(22)30(16)23(31)11-17-3-6-20(25)7-4-17/h3-8,12-13,15-16H,2,10-11,14H2,1H3,(H,32,33)/t16-/m0/s1. The quantitative estimate of drug-likeness (QED) is 0.635. The first kappa shape index (κ1) is 22.0. The number of fused-ring (bicyclic) bond motifs is 1. The molecule has 1 aliphatic heterocycles. The monoisotopic (exact) mass is 447 g/mol. The van der Waals surface area contributed by atoms with Gasteiger partial charge in [0, 0.05) is 18.3 Å². The Balaban J connectivity index is 1.68. The van der Waals surface area contributed by atoms with Crippen LogP contribution in [0.2, 0.25) is 0 Å². The van der Waals surface area contributed by atoms with Gasteiger partial charge in [0.1, 0.15) is 5.82 Å². The van der Waals surface area contributed by atoms with E-state index in [1.165, 1.54) is 17.0 Å². The number of hydrogen-bond acceptors (Lipinski definition) is 4. The van der Waals surface area contributed by atoms with Crippen LogP contribution in [0.5, 0.6) is 0 Å². The fourth-order valence-electron chi connectivity index (χ4n) is 4.03. The number of halogens is 1. The molecular weight excluding hydrogens is 425 g/mol. The molecule has 0 fully saturated rings. The second-order valence-electron chi connectivity index (χ2n) is 7.91. The molecule has 0 spiro atoms. The molecule has 0 unspecified atom stereocenters. The van der Waals surface area contributed by atoms with Crippen LogP contribution in [0.25, 0.3) is 11.1 Å². The highest BCUT2D eigenvalue weighted by atomic mass is 19.1. The van der Waals surface area contributed by atoms with Gasteiger partial charge in [-0.15, -0.1) is 0 Å². The van der Waals surface area contributed by atoms with Gasteiger partial charge in [-0.05, 0) is 42.3 Å². The molecule has 2 aromatic carbocycles. The van der Waals surface area contributed by atoms with Crippen molar-refractivity contribution in [2.75, 3.05) is 16.3 Å². The summed E-state index contributed by atoms with van der Waals surface area (Å²) in [5, 5.41) is 22.8. The molecule has 1 N–H and O–H groups in total. The Morgan fingerprint density at radius 2 is 1.94 bits per heavy atom. The van der Waals surface area contributed by atoms with Crippen molar-refractivity contribution in [1.82, 2.24) is 9.78 Å². The predicted molar refractivity (Wildman–Crippen MR) is 120 cm³/mol. The van der Waals surface area contributed by atoms with Crippen molar-refractivity contribution >= 4 is 23.4 Å². The van der Waals surface area contributed by atoms with Crippen LogP contribution < -0.4 is 9.80 Å². The molecule has 3 aromatic rings. The van der Waals surface area contributed by atoms with Crippen molar-refractivity contribution in [3.8, 4) is 17.2 Å². The minimum absolute atomic E-state index is 0.0740. The van der Waals surface area contributed by atoms with Crippen molar-refractivity contribution in [2.45, 2.75) is 32.4 Å². The third-order valence-electron chi connectivity index (χ3n) is 5.60. The van der Waals surface area contributed by atoms with Crippen LogP contribution in [-0.2, 0) is 17.8 Å². The fraction of sp³-hybridized carbons (Fsp3) is 0.250. The van der Waals surface area contributed by atoms with E-state index in [0.717, 1.165) is 11.1 Å².